The highest BCUT2D eigenvalue weighted by atomic mass is 15.1. The van der Waals surface area contributed by atoms with Crippen molar-refractivity contribution in [2.24, 2.45) is 0 Å². The quantitative estimate of drug-likeness (QED) is 0.772. The van der Waals surface area contributed by atoms with Gasteiger partial charge in [0.2, 0.25) is 0 Å². The number of rotatable bonds is 5. The molecule has 2 heteroatoms. The van der Waals surface area contributed by atoms with Gasteiger partial charge in [-0.1, -0.05) is 24.6 Å². The largest absolute Gasteiger partial charge is 0.398 e. The second kappa shape index (κ2) is 5.90. The van der Waals surface area contributed by atoms with Crippen LogP contribution < -0.4 is 5.73 Å². The molecule has 0 aliphatic heterocycles. The minimum absolute atomic E-state index is 0.569. The summed E-state index contributed by atoms with van der Waals surface area (Å²) in [6.07, 6.45) is 1.18. The first kappa shape index (κ1) is 13.0. The molecular weight excluding hydrogens is 196 g/mol. The van der Waals surface area contributed by atoms with Gasteiger partial charge in [-0.2, -0.15) is 0 Å². The smallest absolute Gasteiger partial charge is 0.0359 e. The van der Waals surface area contributed by atoms with Crippen LogP contribution in [0.15, 0.2) is 18.2 Å². The number of nitrogen functional groups attached to an aromatic ring is 1. The van der Waals surface area contributed by atoms with Gasteiger partial charge in [-0.25, -0.2) is 0 Å². The molecule has 0 unspecified atom stereocenters. The summed E-state index contributed by atoms with van der Waals surface area (Å²) in [5.74, 6) is 0. The minimum atomic E-state index is 0.569. The topological polar surface area (TPSA) is 29.3 Å². The number of aryl methyl sites for hydroxylation is 1. The van der Waals surface area contributed by atoms with E-state index in [1.165, 1.54) is 17.5 Å². The van der Waals surface area contributed by atoms with E-state index < -0.39 is 0 Å². The fourth-order valence-corrected chi connectivity index (χ4v) is 1.90. The van der Waals surface area contributed by atoms with E-state index in [0.29, 0.717) is 6.04 Å². The molecular formula is C14H24N2. The molecule has 16 heavy (non-hydrogen) atoms. The van der Waals surface area contributed by atoms with Gasteiger partial charge in [0.15, 0.2) is 0 Å². The molecule has 0 aromatic heterocycles. The van der Waals surface area contributed by atoms with Crippen LogP contribution in [0.5, 0.6) is 0 Å². The first-order valence-electron chi connectivity index (χ1n) is 6.13. The van der Waals surface area contributed by atoms with Crippen molar-refractivity contribution in [1.29, 1.82) is 0 Å². The second-order valence-electron chi connectivity index (χ2n) is 4.77. The fourth-order valence-electron chi connectivity index (χ4n) is 1.90. The number of anilines is 1. The summed E-state index contributed by atoms with van der Waals surface area (Å²) in [4.78, 5) is 2.46. The molecule has 2 nitrogen and oxygen atoms in total. The van der Waals surface area contributed by atoms with Crippen molar-refractivity contribution in [3.8, 4) is 0 Å². The Balaban J connectivity index is 2.80. The maximum Gasteiger partial charge on any atom is 0.0359 e. The van der Waals surface area contributed by atoms with Crippen LogP contribution >= 0.6 is 0 Å². The van der Waals surface area contributed by atoms with E-state index >= 15 is 0 Å². The molecule has 0 aliphatic rings. The molecule has 0 aliphatic carbocycles. The van der Waals surface area contributed by atoms with Crippen LogP contribution in [0.4, 0.5) is 5.69 Å². The van der Waals surface area contributed by atoms with Crippen molar-refractivity contribution in [2.45, 2.75) is 46.7 Å². The van der Waals surface area contributed by atoms with Crippen molar-refractivity contribution in [2.75, 3.05) is 12.3 Å². The second-order valence-corrected chi connectivity index (χ2v) is 4.77. The Bertz CT molecular complexity index is 332. The summed E-state index contributed by atoms with van der Waals surface area (Å²) in [5, 5.41) is 0. The maximum absolute atomic E-state index is 6.01. The maximum atomic E-state index is 6.01. The van der Waals surface area contributed by atoms with Crippen molar-refractivity contribution in [3.05, 3.63) is 29.3 Å². The molecule has 0 bridgehead atoms. The van der Waals surface area contributed by atoms with Gasteiger partial charge in [0.25, 0.3) is 0 Å². The average molecular weight is 220 g/mol. The van der Waals surface area contributed by atoms with Crippen molar-refractivity contribution >= 4 is 5.69 Å². The van der Waals surface area contributed by atoms with Crippen molar-refractivity contribution < 1.29 is 0 Å². The van der Waals surface area contributed by atoms with E-state index in [-0.39, 0.29) is 0 Å². The third kappa shape index (κ3) is 3.53. The number of benzene rings is 1. The lowest BCUT2D eigenvalue weighted by Crippen LogP contribution is -2.31. The Morgan fingerprint density at radius 2 is 2.00 bits per heavy atom. The Morgan fingerprint density at radius 1 is 1.31 bits per heavy atom. The molecule has 0 saturated carbocycles. The van der Waals surface area contributed by atoms with E-state index in [1.54, 1.807) is 0 Å². The van der Waals surface area contributed by atoms with Gasteiger partial charge in [0.1, 0.15) is 0 Å². The molecule has 0 fully saturated rings. The predicted molar refractivity (Wildman–Crippen MR) is 71.4 cm³/mol. The highest BCUT2D eigenvalue weighted by molar-refractivity contribution is 5.48. The van der Waals surface area contributed by atoms with Gasteiger partial charge in [0, 0.05) is 18.3 Å². The van der Waals surface area contributed by atoms with Gasteiger partial charge in [0.05, 0.1) is 0 Å². The lowest BCUT2D eigenvalue weighted by atomic mass is 10.1. The highest BCUT2D eigenvalue weighted by Crippen LogP contribution is 2.17. The SMILES string of the molecule is CCCN(Cc1cc(C)ccc1N)C(C)C. The molecule has 1 aromatic rings. The molecule has 0 radical (unpaired) electrons. The average Bonchev–Trinajstić information content (AvgIpc) is 2.22. The lowest BCUT2D eigenvalue weighted by molar-refractivity contribution is 0.213. The number of hydrogen-bond donors (Lipinski definition) is 1. The van der Waals surface area contributed by atoms with E-state index in [4.69, 9.17) is 5.73 Å². The molecule has 1 rings (SSSR count). The lowest BCUT2D eigenvalue weighted by Gasteiger charge is -2.26. The van der Waals surface area contributed by atoms with Gasteiger partial charge in [-0.05, 0) is 45.4 Å². The summed E-state index contributed by atoms with van der Waals surface area (Å²) >= 11 is 0. The Hall–Kier alpha value is -1.02. The fraction of sp³-hybridized carbons (Fsp3) is 0.571. The first-order valence-corrected chi connectivity index (χ1v) is 6.13. The molecule has 2 N–H and O–H groups in total. The van der Waals surface area contributed by atoms with Gasteiger partial charge in [-0.3, -0.25) is 4.90 Å². The zero-order valence-electron chi connectivity index (χ0n) is 11.0. The van der Waals surface area contributed by atoms with E-state index in [2.05, 4.69) is 44.7 Å². The predicted octanol–water partition coefficient (Wildman–Crippen LogP) is 3.20. The molecule has 0 saturated heterocycles. The van der Waals surface area contributed by atoms with Crippen LogP contribution in [0.3, 0.4) is 0 Å². The summed E-state index contributed by atoms with van der Waals surface area (Å²) in [5.41, 5.74) is 9.45. The van der Waals surface area contributed by atoms with Crippen LogP contribution in [-0.4, -0.2) is 17.5 Å². The Kier molecular flexibility index (Phi) is 4.81. The molecule has 1 aromatic carbocycles. The van der Waals surface area contributed by atoms with Gasteiger partial charge in [-0.15, -0.1) is 0 Å². The van der Waals surface area contributed by atoms with E-state index in [0.717, 1.165) is 18.8 Å². The standard InChI is InChI=1S/C14H24N2/c1-5-8-16(11(2)3)10-13-9-12(4)6-7-14(13)15/h6-7,9,11H,5,8,10,15H2,1-4H3. The Labute approximate surface area is 99.5 Å². The Morgan fingerprint density at radius 3 is 2.56 bits per heavy atom. The molecule has 0 spiro atoms. The third-order valence-corrected chi connectivity index (χ3v) is 2.91. The van der Waals surface area contributed by atoms with Crippen molar-refractivity contribution in [1.82, 2.24) is 4.90 Å². The molecule has 0 heterocycles. The van der Waals surface area contributed by atoms with Crippen LogP contribution in [-0.2, 0) is 6.54 Å². The van der Waals surface area contributed by atoms with Gasteiger partial charge < -0.3 is 5.73 Å². The van der Waals surface area contributed by atoms with Crippen LogP contribution in [0.1, 0.15) is 38.3 Å². The monoisotopic (exact) mass is 220 g/mol. The summed E-state index contributed by atoms with van der Waals surface area (Å²) < 4.78 is 0. The molecule has 0 amide bonds. The number of nitrogens with two attached hydrogens (primary N) is 1. The van der Waals surface area contributed by atoms with E-state index in [1.807, 2.05) is 6.07 Å². The number of hydrogen-bond acceptors (Lipinski definition) is 2. The third-order valence-electron chi connectivity index (χ3n) is 2.91. The molecule has 90 valence electrons. The van der Waals surface area contributed by atoms with Gasteiger partial charge >= 0.3 is 0 Å². The number of nitrogens with zero attached hydrogens (tertiary/aromatic N) is 1. The van der Waals surface area contributed by atoms with Crippen LogP contribution in [0, 0.1) is 6.92 Å². The zero-order valence-corrected chi connectivity index (χ0v) is 11.0. The highest BCUT2D eigenvalue weighted by Gasteiger charge is 2.10. The summed E-state index contributed by atoms with van der Waals surface area (Å²) in [6.45, 7) is 10.9. The minimum Gasteiger partial charge on any atom is -0.398 e. The van der Waals surface area contributed by atoms with E-state index in [9.17, 15) is 0 Å². The zero-order chi connectivity index (χ0) is 12.1. The summed E-state index contributed by atoms with van der Waals surface area (Å²) in [6, 6.07) is 6.84. The van der Waals surface area contributed by atoms with Crippen LogP contribution in [0.25, 0.3) is 0 Å². The normalized spacial score (nSPS) is 11.4. The van der Waals surface area contributed by atoms with Crippen LogP contribution in [0.2, 0.25) is 0 Å². The first-order chi connectivity index (χ1) is 7.54. The molecule has 0 atom stereocenters. The van der Waals surface area contributed by atoms with Crippen molar-refractivity contribution in [3.63, 3.8) is 0 Å². The summed E-state index contributed by atoms with van der Waals surface area (Å²) in [7, 11) is 0.